The van der Waals surface area contributed by atoms with E-state index in [2.05, 4.69) is 42.7 Å². The molecular formula is C24H29NO2S. The molecule has 4 fully saturated rings. The molecule has 2 aromatic rings. The van der Waals surface area contributed by atoms with E-state index in [1.807, 2.05) is 6.07 Å². The monoisotopic (exact) mass is 395 g/mol. The van der Waals surface area contributed by atoms with E-state index in [-0.39, 0.29) is 11.4 Å². The highest BCUT2D eigenvalue weighted by molar-refractivity contribution is 7.12. The van der Waals surface area contributed by atoms with Crippen LogP contribution in [0.15, 0.2) is 29.6 Å². The van der Waals surface area contributed by atoms with Crippen molar-refractivity contribution in [3.8, 4) is 5.75 Å². The average Bonchev–Trinajstić information content (AvgIpc) is 3.10. The van der Waals surface area contributed by atoms with Crippen LogP contribution in [0.25, 0.3) is 0 Å². The van der Waals surface area contributed by atoms with Gasteiger partial charge < -0.3 is 10.1 Å². The Bertz CT molecular complexity index is 864. The first kappa shape index (κ1) is 18.2. The van der Waals surface area contributed by atoms with Crippen molar-refractivity contribution in [2.24, 2.45) is 17.8 Å². The van der Waals surface area contributed by atoms with Gasteiger partial charge in [0, 0.05) is 11.1 Å². The predicted octanol–water partition coefficient (Wildman–Crippen LogP) is 5.64. The number of thiophene rings is 1. The van der Waals surface area contributed by atoms with Crippen molar-refractivity contribution in [3.05, 3.63) is 51.2 Å². The van der Waals surface area contributed by atoms with Crippen molar-refractivity contribution in [2.75, 3.05) is 0 Å². The number of hydrogen-bond donors (Lipinski definition) is 1. The zero-order chi connectivity index (χ0) is 19.3. The van der Waals surface area contributed by atoms with Crippen molar-refractivity contribution in [3.63, 3.8) is 0 Å². The van der Waals surface area contributed by atoms with Crippen LogP contribution in [-0.4, -0.2) is 11.4 Å². The second-order valence-electron chi connectivity index (χ2n) is 9.53. The quantitative estimate of drug-likeness (QED) is 0.711. The molecule has 0 unspecified atom stereocenters. The van der Waals surface area contributed by atoms with Gasteiger partial charge in [-0.1, -0.05) is 12.1 Å². The van der Waals surface area contributed by atoms with E-state index < -0.39 is 0 Å². The molecule has 4 saturated carbocycles. The summed E-state index contributed by atoms with van der Waals surface area (Å²) in [6, 6.07) is 8.26. The third-order valence-corrected chi connectivity index (χ3v) is 8.01. The van der Waals surface area contributed by atoms with Crippen LogP contribution in [0.1, 0.15) is 64.9 Å². The molecule has 6 rings (SSSR count). The molecule has 4 heteroatoms. The molecule has 1 aromatic heterocycles. The van der Waals surface area contributed by atoms with Crippen molar-refractivity contribution >= 4 is 17.2 Å². The van der Waals surface area contributed by atoms with Crippen LogP contribution >= 0.6 is 11.3 Å². The van der Waals surface area contributed by atoms with Crippen LogP contribution in [0.4, 0.5) is 0 Å². The third kappa shape index (κ3) is 3.47. The van der Waals surface area contributed by atoms with Crippen LogP contribution in [0.2, 0.25) is 0 Å². The van der Waals surface area contributed by atoms with Crippen LogP contribution in [-0.2, 0) is 6.61 Å². The molecule has 1 aromatic carbocycles. The number of hydrogen-bond acceptors (Lipinski definition) is 3. The van der Waals surface area contributed by atoms with Gasteiger partial charge in [0.05, 0.1) is 4.88 Å². The lowest BCUT2D eigenvalue weighted by atomic mass is 9.53. The summed E-state index contributed by atoms with van der Waals surface area (Å²) in [5.74, 6) is 3.57. The minimum Gasteiger partial charge on any atom is -0.489 e. The molecule has 0 radical (unpaired) electrons. The van der Waals surface area contributed by atoms with Crippen molar-refractivity contribution in [1.82, 2.24) is 5.32 Å². The first-order valence-corrected chi connectivity index (χ1v) is 11.5. The molecular weight excluding hydrogens is 366 g/mol. The van der Waals surface area contributed by atoms with E-state index in [0.717, 1.165) is 39.5 Å². The largest absolute Gasteiger partial charge is 0.489 e. The molecule has 0 aliphatic heterocycles. The molecule has 3 nitrogen and oxygen atoms in total. The lowest BCUT2D eigenvalue weighted by Crippen LogP contribution is -2.59. The van der Waals surface area contributed by atoms with Gasteiger partial charge in [-0.15, -0.1) is 11.3 Å². The highest BCUT2D eigenvalue weighted by Gasteiger charge is 2.51. The van der Waals surface area contributed by atoms with E-state index in [1.54, 1.807) is 0 Å². The minimum atomic E-state index is 0.0746. The summed E-state index contributed by atoms with van der Waals surface area (Å²) >= 11 is 1.54. The van der Waals surface area contributed by atoms with Gasteiger partial charge in [-0.2, -0.15) is 0 Å². The van der Waals surface area contributed by atoms with Gasteiger partial charge in [0.15, 0.2) is 0 Å². The van der Waals surface area contributed by atoms with Gasteiger partial charge in [-0.05, 0) is 98.8 Å². The second kappa shape index (κ2) is 6.91. The molecule has 1 heterocycles. The molecule has 4 aliphatic carbocycles. The molecule has 0 atom stereocenters. The summed E-state index contributed by atoms with van der Waals surface area (Å²) in [6.45, 7) is 4.64. The van der Waals surface area contributed by atoms with Crippen LogP contribution in [0, 0.1) is 31.6 Å². The maximum absolute atomic E-state index is 13.0. The Kier molecular flexibility index (Phi) is 4.50. The topological polar surface area (TPSA) is 38.3 Å². The Morgan fingerprint density at radius 1 is 1.11 bits per heavy atom. The molecule has 1 N–H and O–H groups in total. The van der Waals surface area contributed by atoms with Gasteiger partial charge in [0.25, 0.3) is 5.91 Å². The van der Waals surface area contributed by atoms with Crippen LogP contribution in [0.5, 0.6) is 5.75 Å². The second-order valence-corrected chi connectivity index (χ2v) is 10.4. The number of amides is 1. The fourth-order valence-corrected chi connectivity index (χ4v) is 6.95. The molecule has 0 spiro atoms. The number of benzene rings is 1. The van der Waals surface area contributed by atoms with Gasteiger partial charge in [-0.3, -0.25) is 4.79 Å². The Labute approximate surface area is 171 Å². The number of nitrogens with one attached hydrogen (secondary N) is 1. The smallest absolute Gasteiger partial charge is 0.261 e. The fraction of sp³-hybridized carbons (Fsp3) is 0.542. The van der Waals surface area contributed by atoms with E-state index in [4.69, 9.17) is 4.74 Å². The molecule has 4 aliphatic rings. The maximum Gasteiger partial charge on any atom is 0.261 e. The number of ether oxygens (including phenoxy) is 1. The zero-order valence-electron chi connectivity index (χ0n) is 16.8. The van der Waals surface area contributed by atoms with Crippen molar-refractivity contribution < 1.29 is 9.53 Å². The van der Waals surface area contributed by atoms with E-state index in [0.29, 0.717) is 6.61 Å². The summed E-state index contributed by atoms with van der Waals surface area (Å²) in [7, 11) is 0. The Morgan fingerprint density at radius 2 is 1.79 bits per heavy atom. The fourth-order valence-electron chi connectivity index (χ4n) is 6.16. The van der Waals surface area contributed by atoms with E-state index >= 15 is 0 Å². The molecule has 148 valence electrons. The highest BCUT2D eigenvalue weighted by Crippen LogP contribution is 2.55. The van der Waals surface area contributed by atoms with Crippen molar-refractivity contribution in [1.29, 1.82) is 0 Å². The van der Waals surface area contributed by atoms with Gasteiger partial charge in [0.1, 0.15) is 12.4 Å². The number of aryl methyl sites for hydroxylation is 2. The Hall–Kier alpha value is -1.81. The average molecular weight is 396 g/mol. The lowest BCUT2D eigenvalue weighted by molar-refractivity contribution is -0.0166. The number of rotatable bonds is 5. The molecule has 0 saturated heterocycles. The first-order chi connectivity index (χ1) is 13.5. The first-order valence-electron chi connectivity index (χ1n) is 10.6. The maximum atomic E-state index is 13.0. The third-order valence-electron chi connectivity index (χ3n) is 7.03. The zero-order valence-corrected chi connectivity index (χ0v) is 17.6. The highest BCUT2D eigenvalue weighted by atomic mass is 32.1. The van der Waals surface area contributed by atoms with Crippen LogP contribution < -0.4 is 10.1 Å². The van der Waals surface area contributed by atoms with Gasteiger partial charge in [0.2, 0.25) is 0 Å². The minimum absolute atomic E-state index is 0.0746. The Balaban J connectivity index is 1.23. The SMILES string of the molecule is Cc1ccc(C)c(OCc2csc(C(=O)NC34CC5CC(CC(C5)C3)C4)c2)c1. The van der Waals surface area contributed by atoms with E-state index in [1.165, 1.54) is 55.4 Å². The summed E-state index contributed by atoms with van der Waals surface area (Å²) < 4.78 is 6.01. The lowest BCUT2D eigenvalue weighted by Gasteiger charge is -2.56. The van der Waals surface area contributed by atoms with Gasteiger partial charge >= 0.3 is 0 Å². The number of carbonyl (C=O) groups excluding carboxylic acids is 1. The predicted molar refractivity (Wildman–Crippen MR) is 113 cm³/mol. The van der Waals surface area contributed by atoms with E-state index in [9.17, 15) is 4.79 Å². The summed E-state index contributed by atoms with van der Waals surface area (Å²) in [6.07, 6.45) is 7.77. The molecule has 4 bridgehead atoms. The standard InChI is InChI=1S/C24H29NO2S/c1-15-3-4-16(2)21(5-15)27-13-20-9-22(28-14-20)23(26)25-24-10-17-6-18(11-24)8-19(7-17)12-24/h3-5,9,14,17-19H,6-8,10-13H2,1-2H3,(H,25,26). The van der Waals surface area contributed by atoms with Gasteiger partial charge in [-0.25, -0.2) is 0 Å². The molecule has 1 amide bonds. The Morgan fingerprint density at radius 3 is 2.46 bits per heavy atom. The van der Waals surface area contributed by atoms with Crippen LogP contribution in [0.3, 0.4) is 0 Å². The summed E-state index contributed by atoms with van der Waals surface area (Å²) in [4.78, 5) is 13.8. The number of carbonyl (C=O) groups is 1. The summed E-state index contributed by atoms with van der Waals surface area (Å²) in [5.41, 5.74) is 3.48. The molecule has 28 heavy (non-hydrogen) atoms. The van der Waals surface area contributed by atoms with Crippen molar-refractivity contribution in [2.45, 2.75) is 64.5 Å². The summed E-state index contributed by atoms with van der Waals surface area (Å²) in [5, 5.41) is 5.53. The normalized spacial score (nSPS) is 30.4.